The van der Waals surface area contributed by atoms with Crippen LogP contribution < -0.4 is 5.32 Å². The Morgan fingerprint density at radius 2 is 2.28 bits per heavy atom. The van der Waals surface area contributed by atoms with Crippen LogP contribution in [0.2, 0.25) is 0 Å². The molecule has 0 bridgehead atoms. The highest BCUT2D eigenvalue weighted by Gasteiger charge is 2.21. The van der Waals surface area contributed by atoms with Crippen LogP contribution in [0.4, 0.5) is 0 Å². The molecule has 18 heavy (non-hydrogen) atoms. The van der Waals surface area contributed by atoms with Gasteiger partial charge in [0.05, 0.1) is 17.7 Å². The van der Waals surface area contributed by atoms with Crippen molar-refractivity contribution < 1.29 is 4.74 Å². The lowest BCUT2D eigenvalue weighted by Gasteiger charge is -2.20. The lowest BCUT2D eigenvalue weighted by molar-refractivity contribution is 0.0660. The Bertz CT molecular complexity index is 436. The zero-order chi connectivity index (χ0) is 13.0. The van der Waals surface area contributed by atoms with Gasteiger partial charge in [-0.05, 0) is 30.0 Å². The molecule has 3 nitrogen and oxygen atoms in total. The Balaban J connectivity index is 2.07. The second-order valence-electron chi connectivity index (χ2n) is 5.14. The average Bonchev–Trinajstić information content (AvgIpc) is 2.64. The summed E-state index contributed by atoms with van der Waals surface area (Å²) in [7, 11) is 0. The van der Waals surface area contributed by atoms with Crippen molar-refractivity contribution in [2.75, 3.05) is 13.2 Å². The van der Waals surface area contributed by atoms with Gasteiger partial charge in [0.25, 0.3) is 0 Å². The maximum Gasteiger partial charge on any atom is 0.0991 e. The molecule has 1 aliphatic rings. The van der Waals surface area contributed by atoms with Crippen LogP contribution >= 0.6 is 0 Å². The molecule has 0 radical (unpaired) electrons. The number of hydrogen-bond acceptors (Lipinski definition) is 3. The lowest BCUT2D eigenvalue weighted by atomic mass is 10.0. The SMILES string of the molecule is CC(C)C1CCOC(c2cccc(C#N)c2)CN1. The van der Waals surface area contributed by atoms with E-state index in [1.807, 2.05) is 24.3 Å². The monoisotopic (exact) mass is 244 g/mol. The molecule has 0 saturated carbocycles. The standard InChI is InChI=1S/C15H20N2O/c1-11(2)14-6-7-18-15(10-17-14)13-5-3-4-12(8-13)9-16/h3-5,8,11,14-15,17H,6-7,10H2,1-2H3. The Kier molecular flexibility index (Phi) is 4.35. The van der Waals surface area contributed by atoms with Crippen molar-refractivity contribution in [3.63, 3.8) is 0 Å². The highest BCUT2D eigenvalue weighted by molar-refractivity contribution is 5.34. The van der Waals surface area contributed by atoms with E-state index in [1.54, 1.807) is 0 Å². The van der Waals surface area contributed by atoms with Gasteiger partial charge in [0, 0.05) is 19.2 Å². The van der Waals surface area contributed by atoms with E-state index < -0.39 is 0 Å². The minimum absolute atomic E-state index is 0.0575. The van der Waals surface area contributed by atoms with E-state index in [0.29, 0.717) is 17.5 Å². The summed E-state index contributed by atoms with van der Waals surface area (Å²) in [5, 5.41) is 12.5. The molecule has 1 aliphatic heterocycles. The summed E-state index contributed by atoms with van der Waals surface area (Å²) >= 11 is 0. The number of ether oxygens (including phenoxy) is 1. The van der Waals surface area contributed by atoms with Crippen LogP contribution in [0, 0.1) is 17.2 Å². The highest BCUT2D eigenvalue weighted by Crippen LogP contribution is 2.22. The van der Waals surface area contributed by atoms with Crippen molar-refractivity contribution >= 4 is 0 Å². The van der Waals surface area contributed by atoms with Crippen LogP contribution in [0.5, 0.6) is 0 Å². The van der Waals surface area contributed by atoms with Gasteiger partial charge in [-0.15, -0.1) is 0 Å². The quantitative estimate of drug-likeness (QED) is 0.869. The summed E-state index contributed by atoms with van der Waals surface area (Å²) in [6, 6.07) is 10.4. The molecule has 1 heterocycles. The fourth-order valence-corrected chi connectivity index (χ4v) is 2.35. The van der Waals surface area contributed by atoms with Crippen molar-refractivity contribution in [3.8, 4) is 6.07 Å². The Morgan fingerprint density at radius 3 is 3.00 bits per heavy atom. The number of benzene rings is 1. The molecule has 1 N–H and O–H groups in total. The van der Waals surface area contributed by atoms with Crippen LogP contribution in [0.15, 0.2) is 24.3 Å². The molecule has 2 atom stereocenters. The number of nitrogens with zero attached hydrogens (tertiary/aromatic N) is 1. The molecule has 0 spiro atoms. The van der Waals surface area contributed by atoms with E-state index in [-0.39, 0.29) is 6.10 Å². The molecule has 3 heteroatoms. The molecule has 2 rings (SSSR count). The normalized spacial score (nSPS) is 24.6. The fraction of sp³-hybridized carbons (Fsp3) is 0.533. The van der Waals surface area contributed by atoms with Crippen LogP contribution in [0.1, 0.15) is 37.5 Å². The average molecular weight is 244 g/mol. The van der Waals surface area contributed by atoms with Gasteiger partial charge in [-0.25, -0.2) is 0 Å². The molecule has 1 aromatic carbocycles. The van der Waals surface area contributed by atoms with Crippen LogP contribution in [0.25, 0.3) is 0 Å². The van der Waals surface area contributed by atoms with Gasteiger partial charge in [-0.2, -0.15) is 5.26 Å². The van der Waals surface area contributed by atoms with Crippen molar-refractivity contribution in [2.24, 2.45) is 5.92 Å². The molecule has 0 aliphatic carbocycles. The predicted octanol–water partition coefficient (Wildman–Crippen LogP) is 2.63. The summed E-state index contributed by atoms with van der Waals surface area (Å²) in [4.78, 5) is 0. The smallest absolute Gasteiger partial charge is 0.0991 e. The van der Waals surface area contributed by atoms with E-state index in [2.05, 4.69) is 25.2 Å². The predicted molar refractivity (Wildman–Crippen MR) is 71.1 cm³/mol. The third-order valence-corrected chi connectivity index (χ3v) is 3.51. The molecule has 96 valence electrons. The first-order valence-electron chi connectivity index (χ1n) is 6.55. The molecule has 1 saturated heterocycles. The number of nitrogens with one attached hydrogen (secondary N) is 1. The maximum atomic E-state index is 8.92. The van der Waals surface area contributed by atoms with E-state index in [4.69, 9.17) is 10.00 Å². The lowest BCUT2D eigenvalue weighted by Crippen LogP contribution is -2.34. The van der Waals surface area contributed by atoms with E-state index in [1.165, 1.54) is 0 Å². The van der Waals surface area contributed by atoms with Crippen molar-refractivity contribution in [1.29, 1.82) is 5.26 Å². The van der Waals surface area contributed by atoms with Crippen molar-refractivity contribution in [3.05, 3.63) is 35.4 Å². The topological polar surface area (TPSA) is 45.0 Å². The fourth-order valence-electron chi connectivity index (χ4n) is 2.35. The summed E-state index contributed by atoms with van der Waals surface area (Å²) in [6.07, 6.45) is 1.11. The molecule has 2 unspecified atom stereocenters. The molecule has 1 fully saturated rings. The highest BCUT2D eigenvalue weighted by atomic mass is 16.5. The summed E-state index contributed by atoms with van der Waals surface area (Å²) in [5.74, 6) is 0.623. The largest absolute Gasteiger partial charge is 0.372 e. The van der Waals surface area contributed by atoms with Gasteiger partial charge in [-0.3, -0.25) is 0 Å². The minimum atomic E-state index is 0.0575. The van der Waals surface area contributed by atoms with Gasteiger partial charge >= 0.3 is 0 Å². The Hall–Kier alpha value is -1.37. The Morgan fingerprint density at radius 1 is 1.44 bits per heavy atom. The minimum Gasteiger partial charge on any atom is -0.372 e. The molecule has 1 aromatic rings. The molecular formula is C15H20N2O. The van der Waals surface area contributed by atoms with Gasteiger partial charge in [0.1, 0.15) is 0 Å². The van der Waals surface area contributed by atoms with Gasteiger partial charge in [-0.1, -0.05) is 26.0 Å². The van der Waals surface area contributed by atoms with Crippen molar-refractivity contribution in [1.82, 2.24) is 5.32 Å². The number of nitriles is 1. The first kappa shape index (κ1) is 13.1. The zero-order valence-electron chi connectivity index (χ0n) is 11.0. The van der Waals surface area contributed by atoms with E-state index >= 15 is 0 Å². The molecule has 0 amide bonds. The molecular weight excluding hydrogens is 224 g/mol. The van der Waals surface area contributed by atoms with Crippen LogP contribution in [-0.4, -0.2) is 19.2 Å². The van der Waals surface area contributed by atoms with Gasteiger partial charge < -0.3 is 10.1 Å². The zero-order valence-corrected chi connectivity index (χ0v) is 11.0. The first-order valence-corrected chi connectivity index (χ1v) is 6.55. The van der Waals surface area contributed by atoms with E-state index in [9.17, 15) is 0 Å². The van der Waals surface area contributed by atoms with Crippen LogP contribution in [0.3, 0.4) is 0 Å². The number of hydrogen-bond donors (Lipinski definition) is 1. The second kappa shape index (κ2) is 5.99. The van der Waals surface area contributed by atoms with Gasteiger partial charge in [0.15, 0.2) is 0 Å². The van der Waals surface area contributed by atoms with Crippen LogP contribution in [-0.2, 0) is 4.74 Å². The van der Waals surface area contributed by atoms with Crippen molar-refractivity contribution in [2.45, 2.75) is 32.4 Å². The molecule has 0 aromatic heterocycles. The maximum absolute atomic E-state index is 8.92. The summed E-state index contributed by atoms with van der Waals surface area (Å²) in [5.41, 5.74) is 1.78. The summed E-state index contributed by atoms with van der Waals surface area (Å²) in [6.45, 7) is 6.05. The number of rotatable bonds is 2. The Labute approximate surface area is 109 Å². The first-order chi connectivity index (χ1) is 8.70. The third kappa shape index (κ3) is 3.10. The second-order valence-corrected chi connectivity index (χ2v) is 5.14. The summed E-state index contributed by atoms with van der Waals surface area (Å²) < 4.78 is 5.90. The third-order valence-electron chi connectivity index (χ3n) is 3.51. The van der Waals surface area contributed by atoms with E-state index in [0.717, 1.165) is 25.1 Å². The van der Waals surface area contributed by atoms with Gasteiger partial charge in [0.2, 0.25) is 0 Å².